The lowest BCUT2D eigenvalue weighted by molar-refractivity contribution is 0.0785. The van der Waals surface area contributed by atoms with Gasteiger partial charge in [-0.3, -0.25) is 0 Å². The van der Waals surface area contributed by atoms with Gasteiger partial charge in [-0.2, -0.15) is 0 Å². The maximum absolute atomic E-state index is 5.98. The van der Waals surface area contributed by atoms with Crippen molar-refractivity contribution in [3.8, 4) is 0 Å². The molecule has 2 aliphatic rings. The molecular weight excluding hydrogens is 258 g/mol. The van der Waals surface area contributed by atoms with E-state index in [0.29, 0.717) is 18.2 Å². The summed E-state index contributed by atoms with van der Waals surface area (Å²) in [4.78, 5) is 0. The van der Waals surface area contributed by atoms with Crippen molar-refractivity contribution in [3.63, 3.8) is 0 Å². The molecular formula is C16H22ClNO. The molecule has 104 valence electrons. The normalized spacial score (nSPS) is 26.3. The Bertz CT molecular complexity index is 409. The SMILES string of the molecule is CC(NC(c1ccc(Cl)cc1)C1CC1)C1CCCO1. The number of benzene rings is 1. The molecule has 0 aromatic heterocycles. The van der Waals surface area contributed by atoms with Crippen LogP contribution in [-0.2, 0) is 4.74 Å². The third-order valence-corrected chi connectivity index (χ3v) is 4.54. The second-order valence-electron chi connectivity index (χ2n) is 5.87. The highest BCUT2D eigenvalue weighted by Crippen LogP contribution is 2.41. The molecule has 0 amide bonds. The average Bonchev–Trinajstić information content (AvgIpc) is 3.10. The summed E-state index contributed by atoms with van der Waals surface area (Å²) in [7, 11) is 0. The molecule has 1 aliphatic heterocycles. The van der Waals surface area contributed by atoms with Gasteiger partial charge in [0.05, 0.1) is 6.10 Å². The highest BCUT2D eigenvalue weighted by atomic mass is 35.5. The van der Waals surface area contributed by atoms with Crippen LogP contribution in [0.2, 0.25) is 5.02 Å². The van der Waals surface area contributed by atoms with Gasteiger partial charge in [0.2, 0.25) is 0 Å². The van der Waals surface area contributed by atoms with Gasteiger partial charge in [-0.15, -0.1) is 0 Å². The van der Waals surface area contributed by atoms with E-state index in [2.05, 4.69) is 24.4 Å². The van der Waals surface area contributed by atoms with Crippen molar-refractivity contribution in [2.75, 3.05) is 6.61 Å². The molecule has 0 radical (unpaired) electrons. The summed E-state index contributed by atoms with van der Waals surface area (Å²) in [6, 6.07) is 9.16. The van der Waals surface area contributed by atoms with Gasteiger partial charge >= 0.3 is 0 Å². The lowest BCUT2D eigenvalue weighted by Gasteiger charge is -2.27. The number of hydrogen-bond acceptors (Lipinski definition) is 2. The molecule has 1 saturated heterocycles. The fourth-order valence-electron chi connectivity index (χ4n) is 2.99. The Balaban J connectivity index is 1.68. The van der Waals surface area contributed by atoms with Crippen molar-refractivity contribution >= 4 is 11.6 Å². The molecule has 0 spiro atoms. The third kappa shape index (κ3) is 3.31. The van der Waals surface area contributed by atoms with Crippen LogP contribution in [0.5, 0.6) is 0 Å². The van der Waals surface area contributed by atoms with Gasteiger partial charge in [0.25, 0.3) is 0 Å². The first kappa shape index (κ1) is 13.4. The Morgan fingerprint density at radius 1 is 1.21 bits per heavy atom. The summed E-state index contributed by atoms with van der Waals surface area (Å²) >= 11 is 5.98. The summed E-state index contributed by atoms with van der Waals surface area (Å²) in [5, 5.41) is 4.60. The maximum Gasteiger partial charge on any atom is 0.0726 e. The molecule has 19 heavy (non-hydrogen) atoms. The molecule has 2 nitrogen and oxygen atoms in total. The second kappa shape index (κ2) is 5.82. The van der Waals surface area contributed by atoms with Crippen LogP contribution in [0.25, 0.3) is 0 Å². The van der Waals surface area contributed by atoms with E-state index in [4.69, 9.17) is 16.3 Å². The third-order valence-electron chi connectivity index (χ3n) is 4.29. The molecule has 1 aliphatic carbocycles. The zero-order valence-corrected chi connectivity index (χ0v) is 12.2. The minimum atomic E-state index is 0.383. The Kier molecular flexibility index (Phi) is 4.11. The van der Waals surface area contributed by atoms with Crippen molar-refractivity contribution in [1.82, 2.24) is 5.32 Å². The first-order chi connectivity index (χ1) is 9.24. The fourth-order valence-corrected chi connectivity index (χ4v) is 3.12. The number of ether oxygens (including phenoxy) is 1. The van der Waals surface area contributed by atoms with E-state index in [9.17, 15) is 0 Å². The van der Waals surface area contributed by atoms with Gasteiger partial charge in [-0.1, -0.05) is 23.7 Å². The van der Waals surface area contributed by atoms with Crippen LogP contribution in [0.1, 0.15) is 44.2 Å². The van der Waals surface area contributed by atoms with Crippen LogP contribution in [0, 0.1) is 5.92 Å². The van der Waals surface area contributed by atoms with E-state index in [0.717, 1.165) is 17.5 Å². The molecule has 0 bridgehead atoms. The largest absolute Gasteiger partial charge is 0.377 e. The minimum Gasteiger partial charge on any atom is -0.377 e. The van der Waals surface area contributed by atoms with Gasteiger partial charge in [0, 0.05) is 23.7 Å². The number of nitrogens with one attached hydrogen (secondary N) is 1. The standard InChI is InChI=1S/C16H22ClNO/c1-11(15-3-2-10-19-15)18-16(12-4-5-12)13-6-8-14(17)9-7-13/h6-9,11-12,15-16,18H,2-5,10H2,1H3. The molecule has 3 atom stereocenters. The maximum atomic E-state index is 5.98. The zero-order chi connectivity index (χ0) is 13.2. The zero-order valence-electron chi connectivity index (χ0n) is 11.4. The molecule has 1 heterocycles. The fraction of sp³-hybridized carbons (Fsp3) is 0.625. The van der Waals surface area contributed by atoms with Gasteiger partial charge in [0.1, 0.15) is 0 Å². The van der Waals surface area contributed by atoms with E-state index < -0.39 is 0 Å². The molecule has 1 aromatic carbocycles. The van der Waals surface area contributed by atoms with E-state index in [1.165, 1.54) is 31.2 Å². The average molecular weight is 280 g/mol. The molecule has 1 saturated carbocycles. The number of hydrogen-bond donors (Lipinski definition) is 1. The lowest BCUT2D eigenvalue weighted by atomic mass is 10.00. The highest BCUT2D eigenvalue weighted by molar-refractivity contribution is 6.30. The van der Waals surface area contributed by atoms with Crippen molar-refractivity contribution in [2.24, 2.45) is 5.92 Å². The van der Waals surface area contributed by atoms with E-state index in [1.54, 1.807) is 0 Å². The Hall–Kier alpha value is -0.570. The van der Waals surface area contributed by atoms with Gasteiger partial charge in [-0.05, 0) is 56.2 Å². The van der Waals surface area contributed by atoms with Crippen LogP contribution in [0.15, 0.2) is 24.3 Å². The predicted molar refractivity (Wildman–Crippen MR) is 78.5 cm³/mol. The first-order valence-electron chi connectivity index (χ1n) is 7.37. The van der Waals surface area contributed by atoms with Crippen molar-refractivity contribution in [1.29, 1.82) is 0 Å². The topological polar surface area (TPSA) is 21.3 Å². The monoisotopic (exact) mass is 279 g/mol. The van der Waals surface area contributed by atoms with Gasteiger partial charge in [0.15, 0.2) is 0 Å². The molecule has 2 fully saturated rings. The second-order valence-corrected chi connectivity index (χ2v) is 6.31. The van der Waals surface area contributed by atoms with E-state index in [-0.39, 0.29) is 0 Å². The van der Waals surface area contributed by atoms with Crippen LogP contribution in [0.3, 0.4) is 0 Å². The van der Waals surface area contributed by atoms with Crippen molar-refractivity contribution in [3.05, 3.63) is 34.9 Å². The molecule has 3 heteroatoms. The summed E-state index contributed by atoms with van der Waals surface area (Å²) in [6.45, 7) is 3.17. The minimum absolute atomic E-state index is 0.383. The molecule has 3 unspecified atom stereocenters. The molecule has 1 aromatic rings. The smallest absolute Gasteiger partial charge is 0.0726 e. The van der Waals surface area contributed by atoms with E-state index >= 15 is 0 Å². The Morgan fingerprint density at radius 2 is 1.95 bits per heavy atom. The predicted octanol–water partition coefficient (Wildman–Crippen LogP) is 3.95. The molecule has 3 rings (SSSR count). The summed E-state index contributed by atoms with van der Waals surface area (Å²) in [6.07, 6.45) is 5.43. The summed E-state index contributed by atoms with van der Waals surface area (Å²) in [5.41, 5.74) is 1.36. The van der Waals surface area contributed by atoms with Gasteiger partial charge in [-0.25, -0.2) is 0 Å². The summed E-state index contributed by atoms with van der Waals surface area (Å²) < 4.78 is 5.79. The quantitative estimate of drug-likeness (QED) is 0.881. The van der Waals surface area contributed by atoms with Crippen molar-refractivity contribution < 1.29 is 4.74 Å². The Morgan fingerprint density at radius 3 is 2.53 bits per heavy atom. The van der Waals surface area contributed by atoms with Crippen LogP contribution in [-0.4, -0.2) is 18.8 Å². The van der Waals surface area contributed by atoms with Crippen LogP contribution >= 0.6 is 11.6 Å². The van der Waals surface area contributed by atoms with E-state index in [1.807, 2.05) is 12.1 Å². The molecule has 1 N–H and O–H groups in total. The first-order valence-corrected chi connectivity index (χ1v) is 7.75. The van der Waals surface area contributed by atoms with Gasteiger partial charge < -0.3 is 10.1 Å². The number of halogens is 1. The summed E-state index contributed by atoms with van der Waals surface area (Å²) in [5.74, 6) is 0.782. The Labute approximate surface area is 120 Å². The lowest BCUT2D eigenvalue weighted by Crippen LogP contribution is -2.40. The van der Waals surface area contributed by atoms with Crippen LogP contribution in [0.4, 0.5) is 0 Å². The van der Waals surface area contributed by atoms with Crippen molar-refractivity contribution in [2.45, 2.75) is 50.8 Å². The number of rotatable bonds is 5. The van der Waals surface area contributed by atoms with Crippen LogP contribution < -0.4 is 5.32 Å². The highest BCUT2D eigenvalue weighted by Gasteiger charge is 2.34.